The Hall–Kier alpha value is -2.70. The third-order valence-electron chi connectivity index (χ3n) is 3.84. The third kappa shape index (κ3) is 6.69. The molecular formula is C23H27N3O2S. The molecule has 4 N–H and O–H groups in total. The van der Waals surface area contributed by atoms with E-state index in [1.54, 1.807) is 12.1 Å². The molecule has 0 saturated heterocycles. The first kappa shape index (κ1) is 11.5. The molecule has 0 radical (unpaired) electrons. The van der Waals surface area contributed by atoms with Crippen molar-refractivity contribution in [2.75, 3.05) is 11.1 Å². The number of benzene rings is 2. The Morgan fingerprint density at radius 2 is 2.17 bits per heavy atom. The van der Waals surface area contributed by atoms with Crippen LogP contribution >= 0.6 is 11.3 Å². The molecular weight excluding hydrogens is 382 g/mol. The quantitative estimate of drug-likeness (QED) is 0.471. The van der Waals surface area contributed by atoms with E-state index in [1.165, 1.54) is 19.1 Å². The maximum Gasteiger partial charge on any atom is 0.230 e. The summed E-state index contributed by atoms with van der Waals surface area (Å²) in [5, 5.41) is 13.0. The highest BCUT2D eigenvalue weighted by Gasteiger charge is 2.08. The molecule has 1 atom stereocenters. The lowest BCUT2D eigenvalue weighted by atomic mass is 10.00. The smallest absolute Gasteiger partial charge is 0.230 e. The van der Waals surface area contributed by atoms with E-state index in [9.17, 15) is 9.90 Å². The van der Waals surface area contributed by atoms with Gasteiger partial charge in [0.2, 0.25) is 5.91 Å². The molecule has 6 heteroatoms. The van der Waals surface area contributed by atoms with Gasteiger partial charge in [0.15, 0.2) is 5.13 Å². The van der Waals surface area contributed by atoms with Crippen molar-refractivity contribution in [1.82, 2.24) is 4.98 Å². The van der Waals surface area contributed by atoms with E-state index in [1.807, 2.05) is 0 Å². The van der Waals surface area contributed by atoms with Gasteiger partial charge in [0, 0.05) is 16.5 Å². The van der Waals surface area contributed by atoms with Crippen LogP contribution in [0.3, 0.4) is 0 Å². The Morgan fingerprint density at radius 3 is 2.90 bits per heavy atom. The Kier molecular flexibility index (Phi) is 4.03. The van der Waals surface area contributed by atoms with Crippen LogP contribution in [0.4, 0.5) is 10.8 Å². The number of hydrogen-bond acceptors (Lipinski definition) is 5. The average molecular weight is 420 g/mol. The molecule has 5 nitrogen and oxygen atoms in total. The van der Waals surface area contributed by atoms with Crippen molar-refractivity contribution in [3.8, 4) is 0 Å². The highest BCUT2D eigenvalue weighted by atomic mass is 32.1. The van der Waals surface area contributed by atoms with Gasteiger partial charge < -0.3 is 16.2 Å². The summed E-state index contributed by atoms with van der Waals surface area (Å²) in [4.78, 5) is 16.2. The molecule has 0 spiro atoms. The molecule has 1 aromatic heterocycles. The molecule has 0 aliphatic carbocycles. The van der Waals surface area contributed by atoms with E-state index in [0.29, 0.717) is 6.42 Å². The topological polar surface area (TPSA) is 88.2 Å². The number of aromatic nitrogens is 1. The van der Waals surface area contributed by atoms with Crippen LogP contribution in [0.2, 0.25) is 0 Å². The van der Waals surface area contributed by atoms with E-state index < -0.39 is 48.4 Å². The lowest BCUT2D eigenvalue weighted by Gasteiger charge is -2.11. The predicted octanol–water partition coefficient (Wildman–Crippen LogP) is 4.66. The van der Waals surface area contributed by atoms with Crippen molar-refractivity contribution in [2.24, 2.45) is 0 Å². The average Bonchev–Trinajstić information content (AvgIpc) is 3.20. The van der Waals surface area contributed by atoms with Crippen LogP contribution in [0.5, 0.6) is 0 Å². The number of anilines is 2. The number of hydrogen-bond donors (Lipinski definition) is 3. The number of rotatable bonds is 9. The Morgan fingerprint density at radius 1 is 1.38 bits per heavy atom. The van der Waals surface area contributed by atoms with E-state index in [0.717, 1.165) is 16.9 Å². The first-order valence-corrected chi connectivity index (χ1v) is 9.67. The minimum absolute atomic E-state index is 0.0217. The number of carbonyl (C=O) groups excluding carboxylic acids is 1. The zero-order valence-corrected chi connectivity index (χ0v) is 16.5. The number of nitrogen functional groups attached to an aromatic ring is 1. The fourth-order valence-corrected chi connectivity index (χ4v) is 2.91. The SMILES string of the molecule is [2H]c1sc(N)nc1C([2H])([2H])C(=O)Nc1ccc(CCCC([2H])([2H])[C@]([2H])(O)c2c([2H])c([2H])c([2H])c(C)c2[2H])cc1. The van der Waals surface area contributed by atoms with Crippen LogP contribution in [0.25, 0.3) is 0 Å². The van der Waals surface area contributed by atoms with Crippen LogP contribution in [0.1, 0.15) is 61.4 Å². The molecule has 3 rings (SSSR count). The largest absolute Gasteiger partial charge is 0.388 e. The minimum atomic E-state index is -3.00. The third-order valence-corrected chi connectivity index (χ3v) is 4.44. The van der Waals surface area contributed by atoms with Gasteiger partial charge >= 0.3 is 0 Å². The van der Waals surface area contributed by atoms with E-state index >= 15 is 0 Å². The number of nitrogens with zero attached hydrogens (tertiary/aromatic N) is 1. The van der Waals surface area contributed by atoms with Gasteiger partial charge in [-0.3, -0.25) is 4.79 Å². The standard InChI is InChI=1S/C23H27N3O2S/c1-16-5-4-7-18(13-16)21(27)8-3-2-6-17-9-11-19(12-10-17)25-22(28)14-20-15-29-23(24)26-20/h4-5,7,9-13,15,21,27H,2-3,6,8,14H2,1H3,(H2,24,26)(H,25,28)/t21-/m0/s1/i4D,5D,7D,8D2,13D,14D2,15D,21D. The fraction of sp³-hybridized carbons (Fsp3) is 0.304. The van der Waals surface area contributed by atoms with Gasteiger partial charge in [-0.05, 0) is 49.4 Å². The van der Waals surface area contributed by atoms with Crippen LogP contribution < -0.4 is 11.1 Å². The van der Waals surface area contributed by atoms with Gasteiger partial charge in [-0.1, -0.05) is 48.3 Å². The van der Waals surface area contributed by atoms with Gasteiger partial charge in [-0.25, -0.2) is 4.98 Å². The van der Waals surface area contributed by atoms with E-state index in [4.69, 9.17) is 19.4 Å². The predicted molar refractivity (Wildman–Crippen MR) is 119 cm³/mol. The summed E-state index contributed by atoms with van der Waals surface area (Å²) < 4.78 is 80.7. The highest BCUT2D eigenvalue weighted by Crippen LogP contribution is 2.21. The number of aryl methyl sites for hydroxylation is 1. The first-order valence-electron chi connectivity index (χ1n) is 13.9. The summed E-state index contributed by atoms with van der Waals surface area (Å²) >= 11 is 0.759. The number of thiazole rings is 1. The number of nitrogens with two attached hydrogens (primary N) is 1. The van der Waals surface area contributed by atoms with Gasteiger partial charge in [0.05, 0.1) is 26.4 Å². The second kappa shape index (κ2) is 10.2. The summed E-state index contributed by atoms with van der Waals surface area (Å²) in [5.74, 6) is -1.02. The normalized spacial score (nSPS) is 19.0. The summed E-state index contributed by atoms with van der Waals surface area (Å²) in [6.45, 7) is 1.35. The van der Waals surface area contributed by atoms with Crippen LogP contribution in [0.15, 0.2) is 53.8 Å². The fourth-order valence-electron chi connectivity index (χ4n) is 2.48. The maximum absolute atomic E-state index is 12.5. The Labute approximate surface area is 189 Å². The number of carbonyl (C=O) groups is 1. The molecule has 0 aliphatic heterocycles. The van der Waals surface area contributed by atoms with Crippen molar-refractivity contribution in [3.05, 3.63) is 76.2 Å². The lowest BCUT2D eigenvalue weighted by molar-refractivity contribution is -0.115. The summed E-state index contributed by atoms with van der Waals surface area (Å²) in [6.07, 6.45) is -7.99. The molecule has 0 aliphatic rings. The van der Waals surface area contributed by atoms with E-state index in [-0.39, 0.29) is 46.3 Å². The number of amides is 1. The van der Waals surface area contributed by atoms with Gasteiger partial charge in [0.1, 0.15) is 0 Å². The van der Waals surface area contributed by atoms with Crippen molar-refractivity contribution in [1.29, 1.82) is 0 Å². The molecule has 29 heavy (non-hydrogen) atoms. The monoisotopic (exact) mass is 419 g/mol. The Bertz CT molecular complexity index is 1360. The highest BCUT2D eigenvalue weighted by molar-refractivity contribution is 7.13. The molecule has 152 valence electrons. The van der Waals surface area contributed by atoms with Gasteiger partial charge in [-0.2, -0.15) is 0 Å². The van der Waals surface area contributed by atoms with Crippen molar-refractivity contribution >= 4 is 28.1 Å². The Balaban J connectivity index is 1.66. The second-order valence-corrected chi connectivity index (χ2v) is 6.98. The zero-order valence-electron chi connectivity index (χ0n) is 25.7. The molecule has 0 unspecified atom stereocenters. The minimum Gasteiger partial charge on any atom is -0.388 e. The van der Waals surface area contributed by atoms with Gasteiger partial charge in [-0.15, -0.1) is 11.3 Å². The van der Waals surface area contributed by atoms with E-state index in [2.05, 4.69) is 10.3 Å². The summed E-state index contributed by atoms with van der Waals surface area (Å²) in [6, 6.07) is 4.11. The molecule has 1 amide bonds. The van der Waals surface area contributed by atoms with Crippen LogP contribution in [-0.2, 0) is 17.6 Å². The molecule has 2 aromatic carbocycles. The summed E-state index contributed by atoms with van der Waals surface area (Å²) in [7, 11) is 0. The van der Waals surface area contributed by atoms with Crippen molar-refractivity contribution < 1.29 is 23.6 Å². The molecule has 0 bridgehead atoms. The second-order valence-electron chi connectivity index (χ2n) is 6.16. The lowest BCUT2D eigenvalue weighted by Crippen LogP contribution is -2.14. The molecule has 1 heterocycles. The maximum atomic E-state index is 12.5. The number of aliphatic hydroxyl groups is 1. The van der Waals surface area contributed by atoms with Crippen LogP contribution in [0, 0.1) is 6.92 Å². The molecule has 3 aromatic rings. The van der Waals surface area contributed by atoms with Crippen molar-refractivity contribution in [3.63, 3.8) is 0 Å². The molecule has 0 fully saturated rings. The number of nitrogens with one attached hydrogen (secondary N) is 1. The first-order chi connectivity index (χ1) is 17.9. The summed E-state index contributed by atoms with van der Waals surface area (Å²) in [5.41, 5.74) is 5.47. The zero-order chi connectivity index (χ0) is 29.5. The van der Waals surface area contributed by atoms with Crippen LogP contribution in [-0.4, -0.2) is 16.0 Å². The van der Waals surface area contributed by atoms with Crippen molar-refractivity contribution in [2.45, 2.75) is 45.0 Å². The molecule has 0 saturated carbocycles. The van der Waals surface area contributed by atoms with Gasteiger partial charge in [0.25, 0.3) is 0 Å².